The third-order valence-electron chi connectivity index (χ3n) is 6.00. The number of nitrogens with one attached hydrogen (secondary N) is 1. The standard InChI is InChI=1S/C28H27N5O3S/c1-18-6-5-7-23(14-18)27-30-28(36-31-27)25-16-33(17-29-25)15-22-8-10-24(11-9-22)32-37(34,35)26-20(3)12-19(2)13-21(26)4/h5-14,16-17,32H,15H2,1-4H3. The minimum absolute atomic E-state index is 0.319. The Balaban J connectivity index is 1.28. The van der Waals surface area contributed by atoms with Crippen molar-refractivity contribution in [2.75, 3.05) is 4.72 Å². The van der Waals surface area contributed by atoms with Crippen molar-refractivity contribution >= 4 is 15.7 Å². The van der Waals surface area contributed by atoms with Crippen molar-refractivity contribution < 1.29 is 12.9 Å². The second-order valence-corrected chi connectivity index (χ2v) is 10.9. The minimum Gasteiger partial charge on any atom is -0.332 e. The van der Waals surface area contributed by atoms with Crippen LogP contribution in [0.2, 0.25) is 0 Å². The summed E-state index contributed by atoms with van der Waals surface area (Å²) >= 11 is 0. The molecule has 5 aromatic rings. The second-order valence-electron chi connectivity index (χ2n) is 9.25. The lowest BCUT2D eigenvalue weighted by Crippen LogP contribution is -2.16. The Hall–Kier alpha value is -4.24. The molecule has 5 rings (SSSR count). The minimum atomic E-state index is -3.70. The van der Waals surface area contributed by atoms with E-state index in [0.717, 1.165) is 33.4 Å². The highest BCUT2D eigenvalue weighted by atomic mass is 32.2. The van der Waals surface area contributed by atoms with Gasteiger partial charge in [0.15, 0.2) is 0 Å². The van der Waals surface area contributed by atoms with Gasteiger partial charge in [-0.2, -0.15) is 4.98 Å². The van der Waals surface area contributed by atoms with E-state index < -0.39 is 10.0 Å². The van der Waals surface area contributed by atoms with Crippen LogP contribution in [0.25, 0.3) is 23.0 Å². The predicted octanol–water partition coefficient (Wildman–Crippen LogP) is 5.68. The van der Waals surface area contributed by atoms with Crippen molar-refractivity contribution in [1.29, 1.82) is 0 Å². The molecule has 188 valence electrons. The Morgan fingerprint density at radius 2 is 1.65 bits per heavy atom. The van der Waals surface area contributed by atoms with Gasteiger partial charge in [-0.05, 0) is 62.6 Å². The van der Waals surface area contributed by atoms with Gasteiger partial charge in [0.05, 0.1) is 11.2 Å². The maximum Gasteiger partial charge on any atom is 0.278 e. The number of rotatable bonds is 7. The number of imidazole rings is 1. The molecule has 0 amide bonds. The predicted molar refractivity (Wildman–Crippen MR) is 143 cm³/mol. The SMILES string of the molecule is Cc1cccc(-c2noc(-c3cn(Cc4ccc(NS(=O)(=O)c5c(C)cc(C)cc5C)cc4)cn3)n2)c1. The zero-order chi connectivity index (χ0) is 26.2. The van der Waals surface area contributed by atoms with Crippen molar-refractivity contribution in [3.63, 3.8) is 0 Å². The number of aryl methyl sites for hydroxylation is 4. The van der Waals surface area contributed by atoms with Gasteiger partial charge in [0.25, 0.3) is 15.9 Å². The van der Waals surface area contributed by atoms with Gasteiger partial charge in [0, 0.05) is 24.0 Å². The fourth-order valence-electron chi connectivity index (χ4n) is 4.47. The van der Waals surface area contributed by atoms with Crippen molar-refractivity contribution in [3.05, 3.63) is 101 Å². The van der Waals surface area contributed by atoms with Crippen LogP contribution in [0.5, 0.6) is 0 Å². The summed E-state index contributed by atoms with van der Waals surface area (Å²) in [6, 6.07) is 18.9. The molecule has 0 atom stereocenters. The summed E-state index contributed by atoms with van der Waals surface area (Å²) in [4.78, 5) is 9.20. The molecule has 0 bridgehead atoms. The summed E-state index contributed by atoms with van der Waals surface area (Å²) in [5, 5.41) is 4.08. The molecule has 0 radical (unpaired) electrons. The monoisotopic (exact) mass is 513 g/mol. The maximum absolute atomic E-state index is 13.0. The highest BCUT2D eigenvalue weighted by molar-refractivity contribution is 7.92. The second kappa shape index (κ2) is 9.67. The van der Waals surface area contributed by atoms with Crippen molar-refractivity contribution in [3.8, 4) is 23.0 Å². The molecular weight excluding hydrogens is 486 g/mol. The first-order valence-corrected chi connectivity index (χ1v) is 13.3. The van der Waals surface area contributed by atoms with E-state index in [1.807, 2.05) is 87.0 Å². The van der Waals surface area contributed by atoms with Crippen LogP contribution in [0.15, 0.2) is 82.6 Å². The van der Waals surface area contributed by atoms with E-state index in [2.05, 4.69) is 19.8 Å². The van der Waals surface area contributed by atoms with Crippen LogP contribution in [0.1, 0.15) is 27.8 Å². The molecule has 0 aliphatic carbocycles. The van der Waals surface area contributed by atoms with Crippen LogP contribution < -0.4 is 4.72 Å². The van der Waals surface area contributed by atoms with E-state index in [9.17, 15) is 8.42 Å². The smallest absolute Gasteiger partial charge is 0.278 e. The van der Waals surface area contributed by atoms with Crippen LogP contribution in [-0.4, -0.2) is 28.1 Å². The van der Waals surface area contributed by atoms with E-state index in [1.165, 1.54) is 0 Å². The topological polar surface area (TPSA) is 103 Å². The number of nitrogens with zero attached hydrogens (tertiary/aromatic N) is 4. The Kier molecular flexibility index (Phi) is 6.39. The molecule has 0 spiro atoms. The molecular formula is C28H27N5O3S. The maximum atomic E-state index is 13.0. The van der Waals surface area contributed by atoms with Gasteiger partial charge in [0.1, 0.15) is 5.69 Å². The van der Waals surface area contributed by atoms with Gasteiger partial charge in [0.2, 0.25) is 5.82 Å². The van der Waals surface area contributed by atoms with Gasteiger partial charge < -0.3 is 9.09 Å². The van der Waals surface area contributed by atoms with E-state index in [4.69, 9.17) is 4.52 Å². The molecule has 0 aliphatic rings. The van der Waals surface area contributed by atoms with Gasteiger partial charge in [-0.3, -0.25) is 4.72 Å². The molecule has 37 heavy (non-hydrogen) atoms. The third kappa shape index (κ3) is 5.31. The molecule has 0 aliphatic heterocycles. The molecule has 0 fully saturated rings. The largest absolute Gasteiger partial charge is 0.332 e. The highest BCUT2D eigenvalue weighted by Gasteiger charge is 2.20. The normalized spacial score (nSPS) is 11.6. The molecule has 0 saturated heterocycles. The van der Waals surface area contributed by atoms with Gasteiger partial charge >= 0.3 is 0 Å². The van der Waals surface area contributed by atoms with Crippen molar-refractivity contribution in [2.45, 2.75) is 39.1 Å². The molecule has 2 heterocycles. The van der Waals surface area contributed by atoms with Crippen LogP contribution in [-0.2, 0) is 16.6 Å². The van der Waals surface area contributed by atoms with E-state index in [1.54, 1.807) is 18.5 Å². The zero-order valence-corrected chi connectivity index (χ0v) is 21.9. The Morgan fingerprint density at radius 1 is 0.919 bits per heavy atom. The molecule has 0 saturated carbocycles. The Bertz CT molecular complexity index is 1660. The quantitative estimate of drug-likeness (QED) is 0.300. The fraction of sp³-hybridized carbons (Fsp3) is 0.179. The van der Waals surface area contributed by atoms with E-state index in [0.29, 0.717) is 34.5 Å². The fourth-order valence-corrected chi connectivity index (χ4v) is 5.99. The highest BCUT2D eigenvalue weighted by Crippen LogP contribution is 2.25. The van der Waals surface area contributed by atoms with Gasteiger partial charge in [-0.15, -0.1) is 0 Å². The lowest BCUT2D eigenvalue weighted by Gasteiger charge is -2.14. The molecule has 1 N–H and O–H groups in total. The summed E-state index contributed by atoms with van der Waals surface area (Å²) in [6.07, 6.45) is 3.54. The number of hydrogen-bond donors (Lipinski definition) is 1. The number of benzene rings is 3. The Morgan fingerprint density at radius 3 is 2.35 bits per heavy atom. The molecule has 8 nitrogen and oxygen atoms in total. The zero-order valence-electron chi connectivity index (χ0n) is 21.1. The average Bonchev–Trinajstić information content (AvgIpc) is 3.49. The van der Waals surface area contributed by atoms with Crippen LogP contribution in [0.4, 0.5) is 5.69 Å². The molecule has 0 unspecified atom stereocenters. The van der Waals surface area contributed by atoms with Gasteiger partial charge in [-0.25, -0.2) is 13.4 Å². The Labute approximate surface area is 216 Å². The number of aromatic nitrogens is 4. The average molecular weight is 514 g/mol. The van der Waals surface area contributed by atoms with Crippen molar-refractivity contribution in [1.82, 2.24) is 19.7 Å². The first-order chi connectivity index (χ1) is 17.7. The summed E-state index contributed by atoms with van der Waals surface area (Å²) in [6.45, 7) is 8.15. The molecule has 9 heteroatoms. The summed E-state index contributed by atoms with van der Waals surface area (Å²) < 4.78 is 36.1. The number of hydrogen-bond acceptors (Lipinski definition) is 6. The van der Waals surface area contributed by atoms with Crippen LogP contribution in [0.3, 0.4) is 0 Å². The molecule has 2 aromatic heterocycles. The summed E-state index contributed by atoms with van der Waals surface area (Å²) in [7, 11) is -3.70. The molecule has 3 aromatic carbocycles. The van der Waals surface area contributed by atoms with Crippen LogP contribution in [0, 0.1) is 27.7 Å². The number of anilines is 1. The van der Waals surface area contributed by atoms with E-state index in [-0.39, 0.29) is 0 Å². The first-order valence-electron chi connectivity index (χ1n) is 11.8. The number of sulfonamides is 1. The lowest BCUT2D eigenvalue weighted by molar-refractivity contribution is 0.431. The summed E-state index contributed by atoms with van der Waals surface area (Å²) in [5.41, 5.74) is 6.57. The van der Waals surface area contributed by atoms with Gasteiger partial charge in [-0.1, -0.05) is 58.7 Å². The van der Waals surface area contributed by atoms with Crippen molar-refractivity contribution in [2.24, 2.45) is 0 Å². The lowest BCUT2D eigenvalue weighted by atomic mass is 10.1. The summed E-state index contributed by atoms with van der Waals surface area (Å²) in [5.74, 6) is 0.865. The third-order valence-corrected chi connectivity index (χ3v) is 7.69. The first kappa shape index (κ1) is 24.5. The van der Waals surface area contributed by atoms with Crippen LogP contribution >= 0.6 is 0 Å². The van der Waals surface area contributed by atoms with E-state index >= 15 is 0 Å².